The summed E-state index contributed by atoms with van der Waals surface area (Å²) in [6.07, 6.45) is 0. The summed E-state index contributed by atoms with van der Waals surface area (Å²) in [5.41, 5.74) is 0. The molecule has 0 spiro atoms. The Balaban J connectivity index is 3.41. The van der Waals surface area contributed by atoms with Crippen LogP contribution in [0.25, 0.3) is 0 Å². The molecule has 0 fully saturated rings. The Morgan fingerprint density at radius 2 is 1.29 bits per heavy atom. The zero-order valence-corrected chi connectivity index (χ0v) is 10.9. The van der Waals surface area contributed by atoms with Gasteiger partial charge in [-0.05, 0) is 13.8 Å². The molecule has 0 aromatic rings. The highest BCUT2D eigenvalue weighted by Gasteiger charge is 2.10. The van der Waals surface area contributed by atoms with E-state index in [0.29, 0.717) is 13.2 Å². The molecule has 0 amide bonds. The lowest BCUT2D eigenvalue weighted by Crippen LogP contribution is -1.86. The largest absolute Gasteiger partial charge is 0.308 e. The lowest BCUT2D eigenvalue weighted by molar-refractivity contribution is 0.273. The molecule has 0 N–H and O–H groups in total. The van der Waals surface area contributed by atoms with Gasteiger partial charge in [0.15, 0.2) is 0 Å². The van der Waals surface area contributed by atoms with Crippen molar-refractivity contribution in [1.29, 1.82) is 0 Å². The molecule has 8 heteroatoms. The van der Waals surface area contributed by atoms with Gasteiger partial charge in [-0.3, -0.25) is 9.59 Å². The summed E-state index contributed by atoms with van der Waals surface area (Å²) in [4.78, 5) is 21.9. The lowest BCUT2D eigenvalue weighted by atomic mass is 10.9. The van der Waals surface area contributed by atoms with Crippen LogP contribution in [-0.2, 0) is 8.37 Å². The maximum atomic E-state index is 11.0. The summed E-state index contributed by atoms with van der Waals surface area (Å²) in [6.45, 7) is 4.49. The van der Waals surface area contributed by atoms with Crippen molar-refractivity contribution >= 4 is 54.6 Å². The van der Waals surface area contributed by atoms with Crippen molar-refractivity contribution in [1.82, 2.24) is 0 Å². The second-order valence-electron chi connectivity index (χ2n) is 1.65. The van der Waals surface area contributed by atoms with Gasteiger partial charge in [-0.25, -0.2) is 0 Å². The third-order valence-electron chi connectivity index (χ3n) is 0.667. The van der Waals surface area contributed by atoms with E-state index in [9.17, 15) is 9.59 Å². The molecule has 0 radical (unpaired) electrons. The van der Waals surface area contributed by atoms with E-state index in [0.717, 1.165) is 45.7 Å². The first-order valence-electron chi connectivity index (χ1n) is 3.72. The van der Waals surface area contributed by atoms with Crippen molar-refractivity contribution in [3.63, 3.8) is 0 Å². The highest BCUT2D eigenvalue weighted by Crippen LogP contribution is 2.33. The minimum absolute atomic E-state index is 0.248. The molecular formula is C6H10O4S4. The van der Waals surface area contributed by atoms with Gasteiger partial charge in [0.25, 0.3) is 8.89 Å². The van der Waals surface area contributed by atoms with Gasteiger partial charge in [-0.2, -0.15) is 0 Å². The highest BCUT2D eigenvalue weighted by atomic mass is 33.1. The number of hydrogen-bond acceptors (Lipinski definition) is 8. The second-order valence-corrected chi connectivity index (χ2v) is 5.78. The van der Waals surface area contributed by atoms with Crippen molar-refractivity contribution in [3.05, 3.63) is 0 Å². The summed E-state index contributed by atoms with van der Waals surface area (Å²) in [5.74, 6) is 0. The predicted molar refractivity (Wildman–Crippen MR) is 64.4 cm³/mol. The standard InChI is InChI=1S/C6H10O4S4/c1-3-9-11-5(7)13-14-6(8)12-10-4-2/h3-4H2,1-2H3. The third-order valence-corrected chi connectivity index (χ3v) is 4.70. The van der Waals surface area contributed by atoms with E-state index in [2.05, 4.69) is 0 Å². The lowest BCUT2D eigenvalue weighted by Gasteiger charge is -1.97. The Hall–Kier alpha value is 0.660. The topological polar surface area (TPSA) is 52.6 Å². The average molecular weight is 274 g/mol. The van der Waals surface area contributed by atoms with Crippen LogP contribution in [0.2, 0.25) is 0 Å². The first kappa shape index (κ1) is 14.7. The van der Waals surface area contributed by atoms with E-state index in [4.69, 9.17) is 8.37 Å². The van der Waals surface area contributed by atoms with Gasteiger partial charge in [-0.1, -0.05) is 0 Å². The van der Waals surface area contributed by atoms with Crippen LogP contribution in [-0.4, -0.2) is 22.1 Å². The van der Waals surface area contributed by atoms with E-state index in [1.54, 1.807) is 13.8 Å². The molecule has 0 heterocycles. The van der Waals surface area contributed by atoms with Crippen molar-refractivity contribution in [2.45, 2.75) is 13.8 Å². The number of carbonyl (C=O) groups is 2. The first-order valence-corrected chi connectivity index (χ1v) is 7.35. The van der Waals surface area contributed by atoms with Crippen LogP contribution in [0.1, 0.15) is 13.8 Å². The Kier molecular flexibility index (Phi) is 10.7. The van der Waals surface area contributed by atoms with Crippen LogP contribution in [0, 0.1) is 0 Å². The Labute approximate surface area is 99.4 Å². The Morgan fingerprint density at radius 1 is 0.929 bits per heavy atom. The molecule has 82 valence electrons. The highest BCUT2D eigenvalue weighted by molar-refractivity contribution is 8.92. The number of carbonyl (C=O) groups excluding carboxylic acids is 2. The molecule has 14 heavy (non-hydrogen) atoms. The van der Waals surface area contributed by atoms with E-state index in [1.165, 1.54) is 0 Å². The summed E-state index contributed by atoms with van der Waals surface area (Å²) >= 11 is 1.49. The summed E-state index contributed by atoms with van der Waals surface area (Å²) < 4.78 is 9.09. The summed E-state index contributed by atoms with van der Waals surface area (Å²) in [7, 11) is 1.68. The van der Waals surface area contributed by atoms with Crippen molar-refractivity contribution < 1.29 is 18.0 Å². The minimum atomic E-state index is -0.248. The van der Waals surface area contributed by atoms with E-state index >= 15 is 0 Å². The smallest absolute Gasteiger partial charge is 0.283 e. The van der Waals surface area contributed by atoms with Gasteiger partial charge >= 0.3 is 0 Å². The monoisotopic (exact) mass is 274 g/mol. The van der Waals surface area contributed by atoms with Crippen molar-refractivity contribution in [2.24, 2.45) is 0 Å². The van der Waals surface area contributed by atoms with Gasteiger partial charge < -0.3 is 8.37 Å². The second kappa shape index (κ2) is 10.2. The number of hydrogen-bond donors (Lipinski definition) is 0. The molecule has 0 aliphatic heterocycles. The fraction of sp³-hybridized carbons (Fsp3) is 0.667. The number of rotatable bonds is 4. The summed E-state index contributed by atoms with van der Waals surface area (Å²) in [5, 5.41) is 0. The molecular weight excluding hydrogens is 264 g/mol. The minimum Gasteiger partial charge on any atom is -0.308 e. The van der Waals surface area contributed by atoms with Gasteiger partial charge in [-0.15, -0.1) is 0 Å². The van der Waals surface area contributed by atoms with Crippen LogP contribution in [0.4, 0.5) is 9.59 Å². The zero-order chi connectivity index (χ0) is 10.8. The van der Waals surface area contributed by atoms with Crippen LogP contribution < -0.4 is 0 Å². The molecule has 4 nitrogen and oxygen atoms in total. The average Bonchev–Trinajstić information content (AvgIpc) is 2.20. The van der Waals surface area contributed by atoms with Crippen molar-refractivity contribution in [2.75, 3.05) is 13.2 Å². The molecule has 0 rings (SSSR count). The molecule has 0 aliphatic carbocycles. The van der Waals surface area contributed by atoms with Crippen LogP contribution in [0.5, 0.6) is 0 Å². The summed E-state index contributed by atoms with van der Waals surface area (Å²) in [6, 6.07) is 0. The Bertz CT molecular complexity index is 167. The molecule has 0 bridgehead atoms. The van der Waals surface area contributed by atoms with Crippen LogP contribution >= 0.6 is 45.7 Å². The van der Waals surface area contributed by atoms with Gasteiger partial charge in [0, 0.05) is 21.6 Å². The van der Waals surface area contributed by atoms with E-state index < -0.39 is 0 Å². The van der Waals surface area contributed by atoms with Crippen molar-refractivity contribution in [3.8, 4) is 0 Å². The van der Waals surface area contributed by atoms with E-state index in [-0.39, 0.29) is 8.89 Å². The first-order chi connectivity index (χ1) is 6.70. The van der Waals surface area contributed by atoms with E-state index in [1.807, 2.05) is 0 Å². The van der Waals surface area contributed by atoms with Gasteiger partial charge in [0.05, 0.1) is 37.3 Å². The molecule has 0 aliphatic rings. The predicted octanol–water partition coefficient (Wildman–Crippen LogP) is 3.98. The molecule has 0 saturated heterocycles. The quantitative estimate of drug-likeness (QED) is 0.563. The maximum Gasteiger partial charge on any atom is 0.283 e. The molecule has 0 saturated carbocycles. The maximum absolute atomic E-state index is 11.0. The fourth-order valence-corrected chi connectivity index (χ4v) is 2.91. The SMILES string of the molecule is CCOSC(=O)SSC(=O)SOCC. The normalized spacial score (nSPS) is 10.1. The van der Waals surface area contributed by atoms with Gasteiger partial charge in [0.2, 0.25) is 0 Å². The molecule has 0 atom stereocenters. The van der Waals surface area contributed by atoms with Crippen LogP contribution in [0.15, 0.2) is 0 Å². The van der Waals surface area contributed by atoms with Crippen LogP contribution in [0.3, 0.4) is 0 Å². The zero-order valence-electron chi connectivity index (χ0n) is 7.68. The molecule has 0 aromatic heterocycles. The fourth-order valence-electron chi connectivity index (χ4n) is 0.310. The Morgan fingerprint density at radius 3 is 1.57 bits per heavy atom. The molecule has 0 unspecified atom stereocenters. The van der Waals surface area contributed by atoms with Gasteiger partial charge in [0.1, 0.15) is 0 Å². The molecule has 0 aromatic carbocycles. The third kappa shape index (κ3) is 9.22.